The van der Waals surface area contributed by atoms with Crippen molar-refractivity contribution in [3.8, 4) is 0 Å². The molecule has 0 heterocycles. The van der Waals surface area contributed by atoms with Crippen LogP contribution in [0.5, 0.6) is 0 Å². The van der Waals surface area contributed by atoms with Crippen molar-refractivity contribution in [3.05, 3.63) is 40.4 Å². The molecule has 1 rings (SSSR count). The molecule has 74 valence electrons. The van der Waals surface area contributed by atoms with E-state index in [1.807, 2.05) is 43.3 Å². The number of hydrogen-bond donors (Lipinski definition) is 0. The van der Waals surface area contributed by atoms with Crippen molar-refractivity contribution >= 4 is 27.7 Å². The number of oxime groups is 1. The first-order valence-electron chi connectivity index (χ1n) is 4.24. The lowest BCUT2D eigenvalue weighted by atomic mass is 10.2. The van der Waals surface area contributed by atoms with E-state index >= 15 is 0 Å². The van der Waals surface area contributed by atoms with Crippen LogP contribution in [-0.2, 0) is 4.84 Å². The summed E-state index contributed by atoms with van der Waals surface area (Å²) in [5.74, 6) is 0. The van der Waals surface area contributed by atoms with Gasteiger partial charge in [-0.3, -0.25) is 0 Å². The zero-order chi connectivity index (χ0) is 10.4. The molecule has 0 radical (unpaired) electrons. The Kier molecular flexibility index (Phi) is 4.40. The molecular formula is C11H12BrNO. The molecule has 0 unspecified atom stereocenters. The minimum absolute atomic E-state index is 0.816. The number of halogens is 1. The summed E-state index contributed by atoms with van der Waals surface area (Å²) in [7, 11) is 1.53. The average molecular weight is 254 g/mol. The Labute approximate surface area is 92.4 Å². The van der Waals surface area contributed by atoms with Gasteiger partial charge in [0.2, 0.25) is 0 Å². The van der Waals surface area contributed by atoms with Crippen LogP contribution < -0.4 is 0 Å². The summed E-state index contributed by atoms with van der Waals surface area (Å²) >= 11 is 3.43. The van der Waals surface area contributed by atoms with E-state index in [0.29, 0.717) is 0 Å². The van der Waals surface area contributed by atoms with Crippen LogP contribution in [0, 0.1) is 0 Å². The van der Waals surface area contributed by atoms with Gasteiger partial charge in [0.1, 0.15) is 7.11 Å². The van der Waals surface area contributed by atoms with Crippen molar-refractivity contribution in [3.63, 3.8) is 0 Å². The minimum atomic E-state index is 0.816. The largest absolute Gasteiger partial charge is 0.399 e. The van der Waals surface area contributed by atoms with Crippen molar-refractivity contribution in [1.29, 1.82) is 0 Å². The molecule has 0 aliphatic heterocycles. The third-order valence-corrected chi connectivity index (χ3v) is 2.47. The Morgan fingerprint density at radius 1 is 1.36 bits per heavy atom. The Hall–Kier alpha value is -1.09. The molecule has 0 N–H and O–H groups in total. The second-order valence-corrected chi connectivity index (χ2v) is 3.62. The lowest BCUT2D eigenvalue weighted by Gasteiger charge is -1.98. The molecular weight excluding hydrogens is 242 g/mol. The first-order valence-corrected chi connectivity index (χ1v) is 5.03. The molecule has 2 nitrogen and oxygen atoms in total. The lowest BCUT2D eigenvalue weighted by Crippen LogP contribution is -1.91. The fourth-order valence-electron chi connectivity index (χ4n) is 0.981. The molecule has 0 spiro atoms. The van der Waals surface area contributed by atoms with Gasteiger partial charge in [-0.25, -0.2) is 0 Å². The molecule has 0 saturated heterocycles. The summed E-state index contributed by atoms with van der Waals surface area (Å²) < 4.78 is 0.922. The van der Waals surface area contributed by atoms with Crippen molar-refractivity contribution in [2.45, 2.75) is 6.92 Å². The molecule has 0 aliphatic rings. The number of hydrogen-bond acceptors (Lipinski definition) is 2. The molecule has 1 aromatic carbocycles. The van der Waals surface area contributed by atoms with E-state index in [1.165, 1.54) is 7.11 Å². The van der Waals surface area contributed by atoms with Crippen molar-refractivity contribution in [1.82, 2.24) is 0 Å². The lowest BCUT2D eigenvalue weighted by molar-refractivity contribution is 0.213. The summed E-state index contributed by atoms with van der Waals surface area (Å²) in [5, 5.41) is 3.82. The van der Waals surface area contributed by atoms with Gasteiger partial charge in [0.05, 0.1) is 5.71 Å². The maximum atomic E-state index is 4.68. The van der Waals surface area contributed by atoms with Crippen molar-refractivity contribution in [2.24, 2.45) is 5.16 Å². The van der Waals surface area contributed by atoms with E-state index in [0.717, 1.165) is 15.8 Å². The number of allylic oxidation sites excluding steroid dienone is 1. The normalized spacial score (nSPS) is 12.8. The van der Waals surface area contributed by atoms with Crippen molar-refractivity contribution < 1.29 is 4.84 Å². The predicted octanol–water partition coefficient (Wildman–Crippen LogP) is 3.44. The third-order valence-electron chi connectivity index (χ3n) is 1.67. The summed E-state index contributed by atoms with van der Waals surface area (Å²) in [6, 6.07) is 10.0. The van der Waals surface area contributed by atoms with E-state index in [9.17, 15) is 0 Å². The van der Waals surface area contributed by atoms with Gasteiger partial charge in [-0.1, -0.05) is 35.5 Å². The monoisotopic (exact) mass is 253 g/mol. The van der Waals surface area contributed by atoms with Crippen LogP contribution >= 0.6 is 15.9 Å². The van der Waals surface area contributed by atoms with Gasteiger partial charge in [-0.2, -0.15) is 0 Å². The molecule has 3 heteroatoms. The van der Waals surface area contributed by atoms with E-state index in [-0.39, 0.29) is 0 Å². The number of rotatable bonds is 3. The highest BCUT2D eigenvalue weighted by Crippen LogP contribution is 2.13. The number of benzene rings is 1. The predicted molar refractivity (Wildman–Crippen MR) is 63.5 cm³/mol. The fourth-order valence-corrected chi connectivity index (χ4v) is 1.32. The maximum absolute atomic E-state index is 4.68. The van der Waals surface area contributed by atoms with Crippen molar-refractivity contribution in [2.75, 3.05) is 7.11 Å². The van der Waals surface area contributed by atoms with Gasteiger partial charge >= 0.3 is 0 Å². The van der Waals surface area contributed by atoms with Gasteiger partial charge in [-0.05, 0) is 34.5 Å². The average Bonchev–Trinajstić information content (AvgIpc) is 2.19. The zero-order valence-electron chi connectivity index (χ0n) is 8.20. The number of nitrogens with zero attached hydrogens (tertiary/aromatic N) is 1. The Morgan fingerprint density at radius 2 is 2.00 bits per heavy atom. The third kappa shape index (κ3) is 3.34. The standard InChI is InChI=1S/C11H12BrNO/c1-9(13-14-2)11(12)8-10-6-4-3-5-7-10/h3-8H,1-2H3/b11-8-,13-9+. The van der Waals surface area contributed by atoms with Crippen LogP contribution in [0.15, 0.2) is 40.0 Å². The highest BCUT2D eigenvalue weighted by atomic mass is 79.9. The molecule has 0 bridgehead atoms. The van der Waals surface area contributed by atoms with E-state index in [1.54, 1.807) is 0 Å². The van der Waals surface area contributed by atoms with Crippen LogP contribution in [0.2, 0.25) is 0 Å². The highest BCUT2D eigenvalue weighted by Gasteiger charge is 1.97. The van der Waals surface area contributed by atoms with Crippen LogP contribution in [0.3, 0.4) is 0 Å². The van der Waals surface area contributed by atoms with Crippen LogP contribution in [0.4, 0.5) is 0 Å². The van der Waals surface area contributed by atoms with Gasteiger partial charge in [0.25, 0.3) is 0 Å². The second kappa shape index (κ2) is 5.60. The Bertz CT molecular complexity index is 344. The summed E-state index contributed by atoms with van der Waals surface area (Å²) in [6.07, 6.45) is 2.00. The topological polar surface area (TPSA) is 21.6 Å². The minimum Gasteiger partial charge on any atom is -0.399 e. The first kappa shape index (κ1) is 11.0. The van der Waals surface area contributed by atoms with Gasteiger partial charge in [-0.15, -0.1) is 0 Å². The summed E-state index contributed by atoms with van der Waals surface area (Å²) in [4.78, 5) is 4.68. The van der Waals surface area contributed by atoms with E-state index in [2.05, 4.69) is 25.9 Å². The summed E-state index contributed by atoms with van der Waals surface area (Å²) in [5.41, 5.74) is 1.95. The van der Waals surface area contributed by atoms with Crippen LogP contribution in [0.25, 0.3) is 6.08 Å². The molecule has 0 aromatic heterocycles. The molecule has 0 aliphatic carbocycles. The SMILES string of the molecule is CO/N=C(C)/C(Br)=C/c1ccccc1. The zero-order valence-corrected chi connectivity index (χ0v) is 9.78. The Morgan fingerprint density at radius 3 is 2.57 bits per heavy atom. The molecule has 0 amide bonds. The Balaban J connectivity index is 2.84. The first-order chi connectivity index (χ1) is 6.74. The maximum Gasteiger partial charge on any atom is 0.106 e. The molecule has 0 atom stereocenters. The smallest absolute Gasteiger partial charge is 0.106 e. The molecule has 0 saturated carbocycles. The molecule has 14 heavy (non-hydrogen) atoms. The summed E-state index contributed by atoms with van der Waals surface area (Å²) in [6.45, 7) is 1.88. The quantitative estimate of drug-likeness (QED) is 0.598. The van der Waals surface area contributed by atoms with Gasteiger partial charge in [0.15, 0.2) is 0 Å². The highest BCUT2D eigenvalue weighted by molar-refractivity contribution is 9.12. The van der Waals surface area contributed by atoms with Gasteiger partial charge in [0, 0.05) is 4.48 Å². The van der Waals surface area contributed by atoms with Crippen LogP contribution in [-0.4, -0.2) is 12.8 Å². The van der Waals surface area contributed by atoms with E-state index < -0.39 is 0 Å². The second-order valence-electron chi connectivity index (χ2n) is 2.76. The van der Waals surface area contributed by atoms with Gasteiger partial charge < -0.3 is 4.84 Å². The molecule has 1 aromatic rings. The fraction of sp³-hybridized carbons (Fsp3) is 0.182. The van der Waals surface area contributed by atoms with E-state index in [4.69, 9.17) is 0 Å². The van der Waals surface area contributed by atoms with Crippen LogP contribution in [0.1, 0.15) is 12.5 Å². The molecule has 0 fully saturated rings.